The number of fused-ring (bicyclic) bond motifs is 12. The molecule has 10 aromatic carbocycles. The van der Waals surface area contributed by atoms with Crippen molar-refractivity contribution < 1.29 is 13.3 Å². The van der Waals surface area contributed by atoms with E-state index in [1.807, 2.05) is 6.07 Å². The van der Waals surface area contributed by atoms with Crippen LogP contribution in [0.4, 0.5) is 0 Å². The van der Waals surface area contributed by atoms with Gasteiger partial charge in [-0.3, -0.25) is 0 Å². The van der Waals surface area contributed by atoms with Crippen LogP contribution in [-0.2, 0) is 0 Å². The largest absolute Gasteiger partial charge is 0.456 e. The van der Waals surface area contributed by atoms with Crippen LogP contribution in [-0.4, -0.2) is 0 Å². The van der Waals surface area contributed by atoms with E-state index in [-0.39, 0.29) is 0 Å². The summed E-state index contributed by atoms with van der Waals surface area (Å²) in [5, 5.41) is 12.5. The standard InChI is InChI=1S/C56H32O3/c1-3-15-34(16-4-1)50-54-47(58-55(50)35-17-5-2-6-18-35)31-30-46-53(54)44-25-13-24-43(56(44)59-46)51-40-22-11-9-20-38(40)49(39-21-10-12-23-41(39)51)36-26-28-42-48(32-36)57-45-29-27-33-14-7-8-19-37(33)52(42)45/h1-32H. The molecule has 3 aromatic heterocycles. The fraction of sp³-hybridized carbons (Fsp3) is 0. The van der Waals surface area contributed by atoms with Gasteiger partial charge in [-0.15, -0.1) is 0 Å². The van der Waals surface area contributed by atoms with Crippen LogP contribution < -0.4 is 0 Å². The number of hydrogen-bond donors (Lipinski definition) is 0. The topological polar surface area (TPSA) is 39.4 Å². The minimum atomic E-state index is 0.828. The van der Waals surface area contributed by atoms with Crippen LogP contribution in [0, 0.1) is 0 Å². The predicted molar refractivity (Wildman–Crippen MR) is 245 cm³/mol. The Morgan fingerprint density at radius 1 is 0.271 bits per heavy atom. The first kappa shape index (κ1) is 32.2. The molecule has 3 heterocycles. The summed E-state index contributed by atoms with van der Waals surface area (Å²) in [7, 11) is 0. The molecule has 0 radical (unpaired) electrons. The van der Waals surface area contributed by atoms with Crippen molar-refractivity contribution in [3.05, 3.63) is 194 Å². The van der Waals surface area contributed by atoms with Gasteiger partial charge in [-0.2, -0.15) is 0 Å². The Labute approximate surface area is 337 Å². The molecule has 0 aliphatic heterocycles. The van der Waals surface area contributed by atoms with Crippen molar-refractivity contribution in [2.24, 2.45) is 0 Å². The molecule has 0 unspecified atom stereocenters. The van der Waals surface area contributed by atoms with E-state index in [0.717, 1.165) is 105 Å². The highest BCUT2D eigenvalue weighted by molar-refractivity contribution is 6.28. The van der Waals surface area contributed by atoms with Crippen LogP contribution in [0.2, 0.25) is 0 Å². The summed E-state index contributed by atoms with van der Waals surface area (Å²) in [6.45, 7) is 0. The SMILES string of the molecule is c1ccc(-c2oc3ccc4oc5c(-c6c7ccccc7c(-c7ccc8c(c7)oc7ccc9ccccc9c78)c7ccccc67)cccc5c4c3c2-c2ccccc2)cc1. The summed E-state index contributed by atoms with van der Waals surface area (Å²) in [6.07, 6.45) is 0. The van der Waals surface area contributed by atoms with Gasteiger partial charge >= 0.3 is 0 Å². The molecule has 0 amide bonds. The van der Waals surface area contributed by atoms with Gasteiger partial charge in [-0.25, -0.2) is 0 Å². The lowest BCUT2D eigenvalue weighted by Crippen LogP contribution is -1.91. The molecule has 3 nitrogen and oxygen atoms in total. The van der Waals surface area contributed by atoms with Gasteiger partial charge in [-0.1, -0.05) is 164 Å². The number of furan rings is 3. The highest BCUT2D eigenvalue weighted by Crippen LogP contribution is 2.50. The third-order valence-corrected chi connectivity index (χ3v) is 12.3. The molecule has 59 heavy (non-hydrogen) atoms. The zero-order chi connectivity index (χ0) is 38.6. The van der Waals surface area contributed by atoms with Crippen LogP contribution in [0.25, 0.3) is 132 Å². The number of rotatable bonds is 4. The van der Waals surface area contributed by atoms with E-state index in [4.69, 9.17) is 13.3 Å². The predicted octanol–water partition coefficient (Wildman–Crippen LogP) is 16.4. The molecule has 0 fully saturated rings. The fourth-order valence-corrected chi connectivity index (χ4v) is 9.78. The molecule has 13 rings (SSSR count). The molecular formula is C56H32O3. The Balaban J connectivity index is 1.08. The number of para-hydroxylation sites is 1. The van der Waals surface area contributed by atoms with Crippen molar-refractivity contribution in [3.63, 3.8) is 0 Å². The van der Waals surface area contributed by atoms with E-state index in [9.17, 15) is 0 Å². The lowest BCUT2D eigenvalue weighted by atomic mass is 9.85. The minimum absolute atomic E-state index is 0.828. The molecule has 13 aromatic rings. The molecule has 0 saturated heterocycles. The van der Waals surface area contributed by atoms with Gasteiger partial charge < -0.3 is 13.3 Å². The maximum atomic E-state index is 7.02. The van der Waals surface area contributed by atoms with Gasteiger partial charge in [0.25, 0.3) is 0 Å². The van der Waals surface area contributed by atoms with Crippen molar-refractivity contribution in [1.29, 1.82) is 0 Å². The summed E-state index contributed by atoms with van der Waals surface area (Å²) in [6, 6.07) is 68.7. The molecular weight excluding hydrogens is 721 g/mol. The van der Waals surface area contributed by atoms with Gasteiger partial charge in [0.2, 0.25) is 0 Å². The molecule has 0 spiro atoms. The van der Waals surface area contributed by atoms with Gasteiger partial charge in [0, 0.05) is 49.2 Å². The highest BCUT2D eigenvalue weighted by Gasteiger charge is 2.25. The van der Waals surface area contributed by atoms with Crippen molar-refractivity contribution in [2.45, 2.75) is 0 Å². The van der Waals surface area contributed by atoms with Gasteiger partial charge in [0.05, 0.1) is 0 Å². The third kappa shape index (κ3) is 4.64. The van der Waals surface area contributed by atoms with Gasteiger partial charge in [0.15, 0.2) is 0 Å². The Morgan fingerprint density at radius 2 is 0.847 bits per heavy atom. The second kappa shape index (κ2) is 12.3. The minimum Gasteiger partial charge on any atom is -0.456 e. The molecule has 274 valence electrons. The van der Waals surface area contributed by atoms with Crippen molar-refractivity contribution in [1.82, 2.24) is 0 Å². The summed E-state index contributed by atoms with van der Waals surface area (Å²) in [5.41, 5.74) is 12.0. The smallest absolute Gasteiger partial charge is 0.143 e. The average Bonchev–Trinajstić information content (AvgIpc) is 4.00. The average molecular weight is 753 g/mol. The van der Waals surface area contributed by atoms with E-state index in [1.54, 1.807) is 0 Å². The van der Waals surface area contributed by atoms with Gasteiger partial charge in [-0.05, 0) is 79.3 Å². The first-order valence-corrected chi connectivity index (χ1v) is 20.1. The Morgan fingerprint density at radius 3 is 1.58 bits per heavy atom. The van der Waals surface area contributed by atoms with Crippen LogP contribution in [0.3, 0.4) is 0 Å². The van der Waals surface area contributed by atoms with Gasteiger partial charge in [0.1, 0.15) is 33.7 Å². The molecule has 3 heteroatoms. The van der Waals surface area contributed by atoms with Crippen molar-refractivity contribution >= 4 is 87.2 Å². The monoisotopic (exact) mass is 752 g/mol. The zero-order valence-electron chi connectivity index (χ0n) is 31.7. The van der Waals surface area contributed by atoms with E-state index in [2.05, 4.69) is 188 Å². The molecule has 0 aliphatic carbocycles. The highest BCUT2D eigenvalue weighted by atomic mass is 16.3. The molecule has 0 N–H and O–H groups in total. The summed E-state index contributed by atoms with van der Waals surface area (Å²) in [5.74, 6) is 0.853. The normalized spacial score (nSPS) is 12.1. The zero-order valence-corrected chi connectivity index (χ0v) is 31.7. The molecule has 0 atom stereocenters. The second-order valence-electron chi connectivity index (χ2n) is 15.4. The van der Waals surface area contributed by atoms with Crippen LogP contribution in [0.5, 0.6) is 0 Å². The fourth-order valence-electron chi connectivity index (χ4n) is 9.78. The first-order valence-electron chi connectivity index (χ1n) is 20.1. The Kier molecular flexibility index (Phi) is 6.72. The molecule has 0 bridgehead atoms. The van der Waals surface area contributed by atoms with Crippen molar-refractivity contribution in [3.8, 4) is 44.7 Å². The summed E-state index contributed by atoms with van der Waals surface area (Å²) in [4.78, 5) is 0. The second-order valence-corrected chi connectivity index (χ2v) is 15.4. The third-order valence-electron chi connectivity index (χ3n) is 12.3. The van der Waals surface area contributed by atoms with Crippen molar-refractivity contribution in [2.75, 3.05) is 0 Å². The van der Waals surface area contributed by atoms with E-state index in [1.165, 1.54) is 27.1 Å². The number of hydrogen-bond acceptors (Lipinski definition) is 3. The molecule has 0 saturated carbocycles. The van der Waals surface area contributed by atoms with E-state index < -0.39 is 0 Å². The Bertz CT molecular complexity index is 3770. The summed E-state index contributed by atoms with van der Waals surface area (Å²) < 4.78 is 20.4. The van der Waals surface area contributed by atoms with Crippen LogP contribution >= 0.6 is 0 Å². The van der Waals surface area contributed by atoms with E-state index in [0.29, 0.717) is 0 Å². The van der Waals surface area contributed by atoms with Crippen LogP contribution in [0.1, 0.15) is 0 Å². The number of benzene rings is 10. The van der Waals surface area contributed by atoms with E-state index >= 15 is 0 Å². The molecule has 0 aliphatic rings. The van der Waals surface area contributed by atoms with Crippen LogP contribution in [0.15, 0.2) is 207 Å². The lowest BCUT2D eigenvalue weighted by molar-refractivity contribution is 0.632. The maximum Gasteiger partial charge on any atom is 0.143 e. The summed E-state index contributed by atoms with van der Waals surface area (Å²) >= 11 is 0. The maximum absolute atomic E-state index is 7.02. The lowest BCUT2D eigenvalue weighted by Gasteiger charge is -2.17. The quantitative estimate of drug-likeness (QED) is 0.168. The Hall–Kier alpha value is -7.88. The first-order chi connectivity index (χ1) is 29.3.